The standard InChI is InChI=1S/C13H14FN3O/c14-10-5-6-12(9(7-10)8-15)17-13(18)16-11-3-1-2-4-11/h5-7,11H,1-4H2,(H2,16,17,18). The number of carbonyl (C=O) groups excluding carboxylic acids is 1. The highest BCUT2D eigenvalue weighted by atomic mass is 19.1. The van der Waals surface area contributed by atoms with E-state index >= 15 is 0 Å². The number of rotatable bonds is 2. The summed E-state index contributed by atoms with van der Waals surface area (Å²) >= 11 is 0. The first-order valence-corrected chi connectivity index (χ1v) is 5.96. The summed E-state index contributed by atoms with van der Waals surface area (Å²) in [4.78, 5) is 11.7. The highest BCUT2D eigenvalue weighted by molar-refractivity contribution is 5.90. The molecule has 18 heavy (non-hydrogen) atoms. The Morgan fingerprint density at radius 2 is 2.11 bits per heavy atom. The molecule has 1 fully saturated rings. The minimum absolute atomic E-state index is 0.122. The molecule has 0 aliphatic heterocycles. The molecule has 2 N–H and O–H groups in total. The van der Waals surface area contributed by atoms with E-state index in [0.29, 0.717) is 5.69 Å². The van der Waals surface area contributed by atoms with Gasteiger partial charge >= 0.3 is 6.03 Å². The van der Waals surface area contributed by atoms with E-state index in [1.54, 1.807) is 0 Å². The lowest BCUT2D eigenvalue weighted by Crippen LogP contribution is -2.36. The number of hydrogen-bond acceptors (Lipinski definition) is 2. The number of halogens is 1. The average Bonchev–Trinajstić information content (AvgIpc) is 2.84. The fraction of sp³-hybridized carbons (Fsp3) is 0.385. The number of nitrogens with zero attached hydrogens (tertiary/aromatic N) is 1. The van der Waals surface area contributed by atoms with E-state index in [2.05, 4.69) is 10.6 Å². The normalized spacial score (nSPS) is 15.1. The molecule has 1 aromatic rings. The second-order valence-corrected chi connectivity index (χ2v) is 4.38. The van der Waals surface area contributed by atoms with Crippen LogP contribution in [-0.2, 0) is 0 Å². The summed E-state index contributed by atoms with van der Waals surface area (Å²) in [6.45, 7) is 0. The van der Waals surface area contributed by atoms with Crippen LogP contribution >= 0.6 is 0 Å². The predicted molar refractivity (Wildman–Crippen MR) is 65.5 cm³/mol. The second-order valence-electron chi connectivity index (χ2n) is 4.38. The molecule has 2 rings (SSSR count). The Kier molecular flexibility index (Phi) is 3.78. The summed E-state index contributed by atoms with van der Waals surface area (Å²) < 4.78 is 12.9. The SMILES string of the molecule is N#Cc1cc(F)ccc1NC(=O)NC1CCCC1. The minimum atomic E-state index is -0.492. The van der Waals surface area contributed by atoms with E-state index in [1.807, 2.05) is 6.07 Å². The van der Waals surface area contributed by atoms with Crippen molar-refractivity contribution in [1.82, 2.24) is 5.32 Å². The van der Waals surface area contributed by atoms with Crippen molar-refractivity contribution in [3.63, 3.8) is 0 Å². The lowest BCUT2D eigenvalue weighted by atomic mass is 10.2. The number of nitrogens with one attached hydrogen (secondary N) is 2. The van der Waals surface area contributed by atoms with Gasteiger partial charge in [0.15, 0.2) is 0 Å². The van der Waals surface area contributed by atoms with E-state index < -0.39 is 5.82 Å². The van der Waals surface area contributed by atoms with Gasteiger partial charge in [0.05, 0.1) is 11.3 Å². The minimum Gasteiger partial charge on any atom is -0.335 e. The zero-order valence-electron chi connectivity index (χ0n) is 9.87. The Morgan fingerprint density at radius 1 is 1.39 bits per heavy atom. The van der Waals surface area contributed by atoms with Gasteiger partial charge in [-0.2, -0.15) is 5.26 Å². The Hall–Kier alpha value is -2.09. The van der Waals surface area contributed by atoms with Crippen LogP contribution in [0.4, 0.5) is 14.9 Å². The first-order chi connectivity index (χ1) is 8.69. The quantitative estimate of drug-likeness (QED) is 0.843. The smallest absolute Gasteiger partial charge is 0.319 e. The molecule has 0 atom stereocenters. The van der Waals surface area contributed by atoms with Crippen molar-refractivity contribution >= 4 is 11.7 Å². The third-order valence-electron chi connectivity index (χ3n) is 3.04. The first kappa shape index (κ1) is 12.4. The third kappa shape index (κ3) is 2.98. The number of amides is 2. The van der Waals surface area contributed by atoms with Crippen molar-refractivity contribution in [3.8, 4) is 6.07 Å². The van der Waals surface area contributed by atoms with Gasteiger partial charge in [0.1, 0.15) is 11.9 Å². The maximum Gasteiger partial charge on any atom is 0.319 e. The molecule has 5 heteroatoms. The molecule has 94 valence electrons. The summed E-state index contributed by atoms with van der Waals surface area (Å²) in [5, 5.41) is 14.3. The number of nitriles is 1. The van der Waals surface area contributed by atoms with Gasteiger partial charge in [-0.25, -0.2) is 9.18 Å². The summed E-state index contributed by atoms with van der Waals surface area (Å²) in [6, 6.07) is 5.42. The Labute approximate surface area is 105 Å². The molecule has 0 radical (unpaired) electrons. The molecule has 1 aromatic carbocycles. The van der Waals surface area contributed by atoms with Crippen LogP contribution in [0.3, 0.4) is 0 Å². The molecule has 0 saturated heterocycles. The third-order valence-corrected chi connectivity index (χ3v) is 3.04. The van der Waals surface area contributed by atoms with Crippen molar-refractivity contribution < 1.29 is 9.18 Å². The molecule has 0 heterocycles. The average molecular weight is 247 g/mol. The fourth-order valence-electron chi connectivity index (χ4n) is 2.13. The van der Waals surface area contributed by atoms with Gasteiger partial charge in [-0.15, -0.1) is 0 Å². The van der Waals surface area contributed by atoms with Crippen LogP contribution in [0, 0.1) is 17.1 Å². The Morgan fingerprint density at radius 3 is 2.78 bits per heavy atom. The van der Waals surface area contributed by atoms with Crippen LogP contribution in [-0.4, -0.2) is 12.1 Å². The number of urea groups is 1. The maximum absolute atomic E-state index is 12.9. The largest absolute Gasteiger partial charge is 0.335 e. The van der Waals surface area contributed by atoms with Crippen molar-refractivity contribution in [2.45, 2.75) is 31.7 Å². The molecule has 0 unspecified atom stereocenters. The summed E-state index contributed by atoms with van der Waals surface area (Å²) in [6.07, 6.45) is 4.24. The number of anilines is 1. The Balaban J connectivity index is 2.00. The molecule has 0 spiro atoms. The lowest BCUT2D eigenvalue weighted by Gasteiger charge is -2.13. The van der Waals surface area contributed by atoms with Gasteiger partial charge in [0, 0.05) is 6.04 Å². The molecular formula is C13H14FN3O. The second kappa shape index (κ2) is 5.50. The fourth-order valence-corrected chi connectivity index (χ4v) is 2.13. The molecule has 1 aliphatic rings. The zero-order chi connectivity index (χ0) is 13.0. The summed E-state index contributed by atoms with van der Waals surface area (Å²) in [5.41, 5.74) is 0.450. The van der Waals surface area contributed by atoms with E-state index in [-0.39, 0.29) is 17.6 Å². The van der Waals surface area contributed by atoms with E-state index in [9.17, 15) is 9.18 Å². The van der Waals surface area contributed by atoms with Gasteiger partial charge in [-0.1, -0.05) is 12.8 Å². The molecule has 1 aliphatic carbocycles. The van der Waals surface area contributed by atoms with Gasteiger partial charge in [0.25, 0.3) is 0 Å². The number of carbonyl (C=O) groups is 1. The predicted octanol–water partition coefficient (Wildman–Crippen LogP) is 2.76. The molecule has 2 amide bonds. The van der Waals surface area contributed by atoms with Crippen LogP contribution in [0.25, 0.3) is 0 Å². The number of benzene rings is 1. The molecule has 0 aromatic heterocycles. The van der Waals surface area contributed by atoms with Crippen LogP contribution in [0.1, 0.15) is 31.2 Å². The van der Waals surface area contributed by atoms with E-state index in [4.69, 9.17) is 5.26 Å². The highest BCUT2D eigenvalue weighted by Gasteiger charge is 2.17. The van der Waals surface area contributed by atoms with Crippen molar-refractivity contribution in [1.29, 1.82) is 5.26 Å². The van der Waals surface area contributed by atoms with Crippen LogP contribution in [0.5, 0.6) is 0 Å². The van der Waals surface area contributed by atoms with Crippen LogP contribution < -0.4 is 10.6 Å². The molecule has 4 nitrogen and oxygen atoms in total. The van der Waals surface area contributed by atoms with Crippen LogP contribution in [0.15, 0.2) is 18.2 Å². The first-order valence-electron chi connectivity index (χ1n) is 5.96. The van der Waals surface area contributed by atoms with E-state index in [0.717, 1.165) is 31.7 Å². The Bertz CT molecular complexity index is 489. The molecular weight excluding hydrogens is 233 g/mol. The van der Waals surface area contributed by atoms with Crippen molar-refractivity contribution in [2.75, 3.05) is 5.32 Å². The molecule has 0 bridgehead atoms. The van der Waals surface area contributed by atoms with Gasteiger partial charge in [-0.05, 0) is 31.0 Å². The summed E-state index contributed by atoms with van der Waals surface area (Å²) in [5.74, 6) is -0.492. The zero-order valence-corrected chi connectivity index (χ0v) is 9.87. The van der Waals surface area contributed by atoms with Crippen molar-refractivity contribution in [2.24, 2.45) is 0 Å². The molecule has 1 saturated carbocycles. The van der Waals surface area contributed by atoms with Gasteiger partial charge in [-0.3, -0.25) is 0 Å². The van der Waals surface area contributed by atoms with Gasteiger partial charge in [0.2, 0.25) is 0 Å². The monoisotopic (exact) mass is 247 g/mol. The lowest BCUT2D eigenvalue weighted by molar-refractivity contribution is 0.248. The number of hydrogen-bond donors (Lipinski definition) is 2. The highest BCUT2D eigenvalue weighted by Crippen LogP contribution is 2.19. The maximum atomic E-state index is 12.9. The van der Waals surface area contributed by atoms with E-state index in [1.165, 1.54) is 12.1 Å². The van der Waals surface area contributed by atoms with Gasteiger partial charge < -0.3 is 10.6 Å². The van der Waals surface area contributed by atoms with Crippen LogP contribution in [0.2, 0.25) is 0 Å². The van der Waals surface area contributed by atoms with Crippen molar-refractivity contribution in [3.05, 3.63) is 29.6 Å². The topological polar surface area (TPSA) is 64.9 Å². The summed E-state index contributed by atoms with van der Waals surface area (Å²) in [7, 11) is 0.